The van der Waals surface area contributed by atoms with E-state index in [1.165, 1.54) is 244 Å². The number of carbonyl (C=O) groups excluding carboxylic acids is 1. The highest BCUT2D eigenvalue weighted by Crippen LogP contribution is 2.23. The van der Waals surface area contributed by atoms with Crippen molar-refractivity contribution in [3.8, 4) is 0 Å². The molecule has 9 heteroatoms. The van der Waals surface area contributed by atoms with Crippen LogP contribution in [0, 0.1) is 0 Å². The van der Waals surface area contributed by atoms with Gasteiger partial charge in [0, 0.05) is 13.0 Å². The first kappa shape index (κ1) is 64.9. The van der Waals surface area contributed by atoms with Crippen LogP contribution in [0.2, 0.25) is 0 Å². The van der Waals surface area contributed by atoms with E-state index in [4.69, 9.17) is 18.9 Å². The third-order valence-electron chi connectivity index (χ3n) is 14.2. The Morgan fingerprint density at radius 2 is 0.809 bits per heavy atom. The quantitative estimate of drug-likeness (QED) is 0.0267. The van der Waals surface area contributed by atoms with Crippen LogP contribution in [0.25, 0.3) is 0 Å². The van der Waals surface area contributed by atoms with Crippen LogP contribution in [0.1, 0.15) is 296 Å². The fourth-order valence-electron chi connectivity index (χ4n) is 9.55. The van der Waals surface area contributed by atoms with Gasteiger partial charge in [-0.3, -0.25) is 4.79 Å². The van der Waals surface area contributed by atoms with Crippen LogP contribution >= 0.6 is 0 Å². The molecule has 0 aromatic heterocycles. The zero-order valence-electron chi connectivity index (χ0n) is 44.9. The summed E-state index contributed by atoms with van der Waals surface area (Å²) in [5.41, 5.74) is 0. The van der Waals surface area contributed by atoms with Crippen LogP contribution in [-0.4, -0.2) is 89.6 Å². The second kappa shape index (κ2) is 50.9. The van der Waals surface area contributed by atoms with E-state index in [1.54, 1.807) is 0 Å². The molecule has 4 N–H and O–H groups in total. The smallest absolute Gasteiger partial charge is 0.306 e. The average Bonchev–Trinajstić information content (AvgIpc) is 3.34. The molecule has 0 aromatic carbocycles. The summed E-state index contributed by atoms with van der Waals surface area (Å²) < 4.78 is 23.0. The Balaban J connectivity index is 2.11. The molecule has 0 saturated carbocycles. The van der Waals surface area contributed by atoms with Gasteiger partial charge in [-0.2, -0.15) is 0 Å². The molecule has 1 aliphatic heterocycles. The van der Waals surface area contributed by atoms with Crippen molar-refractivity contribution in [3.05, 3.63) is 12.2 Å². The van der Waals surface area contributed by atoms with E-state index in [0.29, 0.717) is 13.0 Å². The molecule has 404 valence electrons. The fraction of sp³-hybridized carbons (Fsp3) is 0.949. The predicted octanol–water partition coefficient (Wildman–Crippen LogP) is 15.5. The maximum absolute atomic E-state index is 12.9. The number of rotatable bonds is 53. The van der Waals surface area contributed by atoms with Crippen molar-refractivity contribution >= 4 is 5.97 Å². The number of unbranched alkanes of at least 4 members (excludes halogenated alkanes) is 40. The largest absolute Gasteiger partial charge is 0.457 e. The zero-order valence-corrected chi connectivity index (χ0v) is 44.9. The maximum Gasteiger partial charge on any atom is 0.306 e. The number of hydrogen-bond donors (Lipinski definition) is 4. The molecule has 1 heterocycles. The molecule has 0 amide bonds. The van der Waals surface area contributed by atoms with Gasteiger partial charge in [0.1, 0.15) is 30.5 Å². The molecule has 68 heavy (non-hydrogen) atoms. The van der Waals surface area contributed by atoms with Crippen molar-refractivity contribution in [2.75, 3.05) is 26.4 Å². The number of esters is 1. The summed E-state index contributed by atoms with van der Waals surface area (Å²) in [5, 5.41) is 40.4. The Kier molecular flexibility index (Phi) is 48.6. The first-order valence-corrected chi connectivity index (χ1v) is 29.8. The van der Waals surface area contributed by atoms with Crippen molar-refractivity contribution in [2.24, 2.45) is 0 Å². The lowest BCUT2D eigenvalue weighted by Gasteiger charge is -2.39. The van der Waals surface area contributed by atoms with Gasteiger partial charge >= 0.3 is 5.97 Å². The van der Waals surface area contributed by atoms with Crippen molar-refractivity contribution in [3.63, 3.8) is 0 Å². The first-order valence-electron chi connectivity index (χ1n) is 29.8. The highest BCUT2D eigenvalue weighted by Gasteiger charge is 2.44. The molecular weight excluding hydrogens is 853 g/mol. The Bertz CT molecular complexity index is 1060. The fourth-order valence-corrected chi connectivity index (χ4v) is 9.55. The van der Waals surface area contributed by atoms with Gasteiger partial charge in [-0.25, -0.2) is 0 Å². The molecule has 1 fully saturated rings. The first-order chi connectivity index (χ1) is 33.4. The summed E-state index contributed by atoms with van der Waals surface area (Å²) in [7, 11) is 0. The molecule has 0 aromatic rings. The van der Waals surface area contributed by atoms with E-state index < -0.39 is 43.4 Å². The maximum atomic E-state index is 12.9. The number of allylic oxidation sites excluding steroid dienone is 2. The molecule has 1 rings (SSSR count). The number of aliphatic hydroxyl groups excluding tert-OH is 4. The van der Waals surface area contributed by atoms with Gasteiger partial charge in [0.25, 0.3) is 0 Å². The minimum absolute atomic E-state index is 0.106. The third-order valence-corrected chi connectivity index (χ3v) is 14.2. The normalized spacial score (nSPS) is 19.1. The van der Waals surface area contributed by atoms with E-state index in [-0.39, 0.29) is 19.2 Å². The number of carbonyl (C=O) groups is 1. The lowest BCUT2D eigenvalue weighted by Crippen LogP contribution is -2.59. The van der Waals surface area contributed by atoms with Crippen LogP contribution in [0.4, 0.5) is 0 Å². The van der Waals surface area contributed by atoms with Gasteiger partial charge in [0.15, 0.2) is 6.29 Å². The average molecular weight is 968 g/mol. The molecule has 6 unspecified atom stereocenters. The van der Waals surface area contributed by atoms with Crippen molar-refractivity contribution in [2.45, 2.75) is 333 Å². The molecular formula is C59H114O9. The lowest BCUT2D eigenvalue weighted by molar-refractivity contribution is -0.305. The zero-order chi connectivity index (χ0) is 49.2. The second-order valence-electron chi connectivity index (χ2n) is 20.8. The third kappa shape index (κ3) is 40.5. The Morgan fingerprint density at radius 3 is 1.19 bits per heavy atom. The van der Waals surface area contributed by atoms with Crippen LogP contribution < -0.4 is 0 Å². The van der Waals surface area contributed by atoms with E-state index in [1.807, 2.05) is 0 Å². The summed E-state index contributed by atoms with van der Waals surface area (Å²) in [6.07, 6.45) is 54.1. The van der Waals surface area contributed by atoms with E-state index in [9.17, 15) is 25.2 Å². The molecule has 9 nitrogen and oxygen atoms in total. The van der Waals surface area contributed by atoms with Gasteiger partial charge in [-0.15, -0.1) is 0 Å². The Hall–Kier alpha value is -1.07. The molecule has 6 atom stereocenters. The molecule has 0 aliphatic carbocycles. The Labute approximate surface area is 420 Å². The van der Waals surface area contributed by atoms with E-state index in [0.717, 1.165) is 32.1 Å². The summed E-state index contributed by atoms with van der Waals surface area (Å²) in [6.45, 7) is 4.63. The SMILES string of the molecule is CCCCCCCCCC/C=C\CCCCCCCCCCCCCCCCOCC(COC1OC(CO)C(O)C(O)C1O)OC(=O)CCCCCCCCCCCCCCCCCCCCC. The highest BCUT2D eigenvalue weighted by atomic mass is 16.7. The molecule has 1 saturated heterocycles. The molecule has 0 radical (unpaired) electrons. The summed E-state index contributed by atoms with van der Waals surface area (Å²) in [4.78, 5) is 12.9. The Morgan fingerprint density at radius 1 is 0.456 bits per heavy atom. The molecule has 0 bridgehead atoms. The summed E-state index contributed by atoms with van der Waals surface area (Å²) >= 11 is 0. The number of ether oxygens (including phenoxy) is 4. The number of hydrogen-bond acceptors (Lipinski definition) is 9. The van der Waals surface area contributed by atoms with Crippen LogP contribution in [0.5, 0.6) is 0 Å². The van der Waals surface area contributed by atoms with Gasteiger partial charge in [-0.05, 0) is 38.5 Å². The van der Waals surface area contributed by atoms with Gasteiger partial charge in [0.05, 0.1) is 19.8 Å². The van der Waals surface area contributed by atoms with Crippen molar-refractivity contribution < 1.29 is 44.2 Å². The minimum Gasteiger partial charge on any atom is -0.457 e. The van der Waals surface area contributed by atoms with Crippen molar-refractivity contribution in [1.29, 1.82) is 0 Å². The molecule has 1 aliphatic rings. The topological polar surface area (TPSA) is 135 Å². The standard InChI is InChI=1S/C59H114O9/c1-3-5-7-9-11-13-15-17-19-21-23-24-25-26-27-28-29-31-33-35-37-39-41-43-45-47-49-65-51-53(52-66-59-58(64)57(63)56(62)54(50-60)68-59)67-55(61)48-46-44-42-40-38-36-34-32-30-22-20-18-16-14-12-10-8-6-4-2/h21,23,53-54,56-60,62-64H,3-20,22,24-52H2,1-2H3/b23-21-. The summed E-state index contributed by atoms with van der Waals surface area (Å²) in [6, 6.07) is 0. The number of aliphatic hydroxyl groups is 4. The monoisotopic (exact) mass is 967 g/mol. The van der Waals surface area contributed by atoms with Crippen molar-refractivity contribution in [1.82, 2.24) is 0 Å². The van der Waals surface area contributed by atoms with E-state index >= 15 is 0 Å². The molecule has 0 spiro atoms. The van der Waals surface area contributed by atoms with Gasteiger partial charge in [-0.1, -0.05) is 264 Å². The van der Waals surface area contributed by atoms with Crippen LogP contribution in [0.3, 0.4) is 0 Å². The van der Waals surface area contributed by atoms with Crippen LogP contribution in [-0.2, 0) is 23.7 Å². The van der Waals surface area contributed by atoms with Gasteiger partial charge < -0.3 is 39.4 Å². The van der Waals surface area contributed by atoms with E-state index in [2.05, 4.69) is 26.0 Å². The second-order valence-corrected chi connectivity index (χ2v) is 20.8. The predicted molar refractivity (Wildman–Crippen MR) is 284 cm³/mol. The van der Waals surface area contributed by atoms with Gasteiger partial charge in [0.2, 0.25) is 0 Å². The lowest BCUT2D eigenvalue weighted by atomic mass is 9.99. The van der Waals surface area contributed by atoms with Crippen LogP contribution in [0.15, 0.2) is 12.2 Å². The minimum atomic E-state index is -1.53. The summed E-state index contributed by atoms with van der Waals surface area (Å²) in [5.74, 6) is -0.305. The highest BCUT2D eigenvalue weighted by molar-refractivity contribution is 5.69.